The maximum Gasteiger partial charge on any atom is 0.0406 e. The van der Waals surface area contributed by atoms with E-state index in [1.807, 2.05) is 12.1 Å². The predicted octanol–water partition coefficient (Wildman–Crippen LogP) is 4.68. The van der Waals surface area contributed by atoms with E-state index in [1.165, 1.54) is 16.7 Å². The van der Waals surface area contributed by atoms with Crippen LogP contribution in [-0.4, -0.2) is 0 Å². The average molecular weight is 290 g/mol. The predicted molar refractivity (Wildman–Crippen MR) is 77.4 cm³/mol. The van der Waals surface area contributed by atoms with E-state index in [2.05, 4.69) is 65.4 Å². The first-order chi connectivity index (χ1) is 8.16. The summed E-state index contributed by atoms with van der Waals surface area (Å²) in [6, 6.07) is 14.7. The molecule has 0 aliphatic carbocycles. The molecule has 88 valence electrons. The minimum atomic E-state index is 0.870. The van der Waals surface area contributed by atoms with Crippen LogP contribution >= 0.6 is 15.9 Å². The molecule has 0 aromatic heterocycles. The van der Waals surface area contributed by atoms with Gasteiger partial charge in [0.15, 0.2) is 0 Å². The third kappa shape index (κ3) is 3.10. The van der Waals surface area contributed by atoms with Gasteiger partial charge in [-0.05, 0) is 48.7 Å². The smallest absolute Gasteiger partial charge is 0.0406 e. The van der Waals surface area contributed by atoms with E-state index in [4.69, 9.17) is 0 Å². The Kier molecular flexibility index (Phi) is 3.85. The Bertz CT molecular complexity index is 500. The van der Waals surface area contributed by atoms with Gasteiger partial charge in [0.25, 0.3) is 0 Å². The van der Waals surface area contributed by atoms with Crippen molar-refractivity contribution in [2.24, 2.45) is 0 Å². The van der Waals surface area contributed by atoms with Gasteiger partial charge in [-0.15, -0.1) is 0 Å². The van der Waals surface area contributed by atoms with Gasteiger partial charge < -0.3 is 5.32 Å². The summed E-state index contributed by atoms with van der Waals surface area (Å²) in [5.74, 6) is 0. The molecule has 17 heavy (non-hydrogen) atoms. The first-order valence-corrected chi connectivity index (χ1v) is 6.50. The Labute approximate surface area is 111 Å². The molecule has 0 atom stereocenters. The molecule has 0 amide bonds. The van der Waals surface area contributed by atoms with E-state index in [-0.39, 0.29) is 0 Å². The van der Waals surface area contributed by atoms with Gasteiger partial charge in [-0.1, -0.05) is 40.2 Å². The van der Waals surface area contributed by atoms with Crippen LogP contribution in [0.15, 0.2) is 46.9 Å². The molecule has 2 aromatic carbocycles. The fourth-order valence-corrected chi connectivity index (χ4v) is 2.32. The van der Waals surface area contributed by atoms with Gasteiger partial charge in [0, 0.05) is 16.7 Å². The zero-order valence-corrected chi connectivity index (χ0v) is 11.7. The molecule has 1 N–H and O–H groups in total. The lowest BCUT2D eigenvalue weighted by Gasteiger charge is -2.12. The molecular formula is C15H16BrN. The lowest BCUT2D eigenvalue weighted by Crippen LogP contribution is -2.03. The summed E-state index contributed by atoms with van der Waals surface area (Å²) >= 11 is 3.48. The van der Waals surface area contributed by atoms with E-state index in [9.17, 15) is 0 Å². The van der Waals surface area contributed by atoms with Crippen molar-refractivity contribution in [1.29, 1.82) is 0 Å². The highest BCUT2D eigenvalue weighted by Crippen LogP contribution is 2.18. The number of halogens is 1. The molecule has 0 unspecified atom stereocenters. The van der Waals surface area contributed by atoms with Gasteiger partial charge in [-0.25, -0.2) is 0 Å². The monoisotopic (exact) mass is 289 g/mol. The molecule has 0 saturated carbocycles. The zero-order valence-electron chi connectivity index (χ0n) is 10.1. The minimum Gasteiger partial charge on any atom is -0.381 e. The molecule has 0 radical (unpaired) electrons. The summed E-state index contributed by atoms with van der Waals surface area (Å²) in [5, 5.41) is 3.45. The molecule has 2 heteroatoms. The van der Waals surface area contributed by atoms with Gasteiger partial charge in [0.1, 0.15) is 0 Å². The standard InChI is InChI=1S/C15H16BrN/c1-11-5-3-6-12(2)15(11)10-17-14-8-4-7-13(16)9-14/h3-9,17H,10H2,1-2H3. The largest absolute Gasteiger partial charge is 0.381 e. The highest BCUT2D eigenvalue weighted by molar-refractivity contribution is 9.10. The maximum absolute atomic E-state index is 3.48. The van der Waals surface area contributed by atoms with Crippen molar-refractivity contribution in [1.82, 2.24) is 0 Å². The number of nitrogens with one attached hydrogen (secondary N) is 1. The zero-order chi connectivity index (χ0) is 12.3. The quantitative estimate of drug-likeness (QED) is 0.865. The van der Waals surface area contributed by atoms with Crippen LogP contribution in [0.1, 0.15) is 16.7 Å². The van der Waals surface area contributed by atoms with Crippen molar-refractivity contribution in [3.63, 3.8) is 0 Å². The van der Waals surface area contributed by atoms with Crippen molar-refractivity contribution in [3.8, 4) is 0 Å². The second kappa shape index (κ2) is 5.37. The number of aryl methyl sites for hydroxylation is 2. The molecular weight excluding hydrogens is 274 g/mol. The summed E-state index contributed by atoms with van der Waals surface area (Å²) in [6.07, 6.45) is 0. The summed E-state index contributed by atoms with van der Waals surface area (Å²) in [4.78, 5) is 0. The second-order valence-electron chi connectivity index (χ2n) is 4.23. The van der Waals surface area contributed by atoms with Crippen LogP contribution in [0.5, 0.6) is 0 Å². The Morgan fingerprint density at radius 3 is 2.29 bits per heavy atom. The summed E-state index contributed by atoms with van der Waals surface area (Å²) in [7, 11) is 0. The Balaban J connectivity index is 2.13. The van der Waals surface area contributed by atoms with Crippen LogP contribution < -0.4 is 5.32 Å². The van der Waals surface area contributed by atoms with Gasteiger partial charge in [-0.3, -0.25) is 0 Å². The van der Waals surface area contributed by atoms with Gasteiger partial charge in [0.2, 0.25) is 0 Å². The number of anilines is 1. The highest BCUT2D eigenvalue weighted by atomic mass is 79.9. The maximum atomic E-state index is 3.48. The van der Waals surface area contributed by atoms with Crippen molar-refractivity contribution >= 4 is 21.6 Å². The SMILES string of the molecule is Cc1cccc(C)c1CNc1cccc(Br)c1. The Morgan fingerprint density at radius 1 is 1.00 bits per heavy atom. The number of rotatable bonds is 3. The van der Waals surface area contributed by atoms with E-state index in [0.29, 0.717) is 0 Å². The molecule has 1 nitrogen and oxygen atoms in total. The van der Waals surface area contributed by atoms with Gasteiger partial charge >= 0.3 is 0 Å². The van der Waals surface area contributed by atoms with Gasteiger partial charge in [-0.2, -0.15) is 0 Å². The third-order valence-electron chi connectivity index (χ3n) is 2.94. The highest BCUT2D eigenvalue weighted by Gasteiger charge is 2.01. The molecule has 2 aromatic rings. The van der Waals surface area contributed by atoms with Crippen LogP contribution in [-0.2, 0) is 6.54 Å². The lowest BCUT2D eigenvalue weighted by molar-refractivity contribution is 1.09. The summed E-state index contributed by atoms with van der Waals surface area (Å²) < 4.78 is 1.10. The minimum absolute atomic E-state index is 0.870. The van der Waals surface area contributed by atoms with E-state index in [0.717, 1.165) is 16.7 Å². The summed E-state index contributed by atoms with van der Waals surface area (Å²) in [6.45, 7) is 5.19. The van der Waals surface area contributed by atoms with Crippen LogP contribution in [0.3, 0.4) is 0 Å². The van der Waals surface area contributed by atoms with E-state index < -0.39 is 0 Å². The first kappa shape index (κ1) is 12.2. The van der Waals surface area contributed by atoms with Crippen LogP contribution in [0.4, 0.5) is 5.69 Å². The number of hydrogen-bond donors (Lipinski definition) is 1. The molecule has 0 heterocycles. The topological polar surface area (TPSA) is 12.0 Å². The Morgan fingerprint density at radius 2 is 1.65 bits per heavy atom. The van der Waals surface area contributed by atoms with Crippen molar-refractivity contribution < 1.29 is 0 Å². The fraction of sp³-hybridized carbons (Fsp3) is 0.200. The van der Waals surface area contributed by atoms with Crippen molar-refractivity contribution in [2.45, 2.75) is 20.4 Å². The molecule has 0 aliphatic heterocycles. The Hall–Kier alpha value is -1.28. The average Bonchev–Trinajstić information content (AvgIpc) is 2.28. The second-order valence-corrected chi connectivity index (χ2v) is 5.15. The third-order valence-corrected chi connectivity index (χ3v) is 3.43. The first-order valence-electron chi connectivity index (χ1n) is 5.71. The molecule has 0 aliphatic rings. The van der Waals surface area contributed by atoms with E-state index in [1.54, 1.807) is 0 Å². The van der Waals surface area contributed by atoms with Crippen molar-refractivity contribution in [2.75, 3.05) is 5.32 Å². The molecule has 0 bridgehead atoms. The van der Waals surface area contributed by atoms with E-state index >= 15 is 0 Å². The molecule has 2 rings (SSSR count). The molecule has 0 saturated heterocycles. The van der Waals surface area contributed by atoms with Crippen LogP contribution in [0, 0.1) is 13.8 Å². The lowest BCUT2D eigenvalue weighted by atomic mass is 10.0. The normalized spacial score (nSPS) is 10.3. The number of benzene rings is 2. The number of hydrogen-bond acceptors (Lipinski definition) is 1. The van der Waals surface area contributed by atoms with Crippen LogP contribution in [0.25, 0.3) is 0 Å². The van der Waals surface area contributed by atoms with Gasteiger partial charge in [0.05, 0.1) is 0 Å². The molecule has 0 fully saturated rings. The van der Waals surface area contributed by atoms with Crippen molar-refractivity contribution in [3.05, 3.63) is 63.6 Å². The summed E-state index contributed by atoms with van der Waals surface area (Å²) in [5.41, 5.74) is 5.20. The fourth-order valence-electron chi connectivity index (χ4n) is 1.92. The van der Waals surface area contributed by atoms with Crippen LogP contribution in [0.2, 0.25) is 0 Å². The molecule has 0 spiro atoms.